The molecule has 25 heavy (non-hydrogen) atoms. The van der Waals surface area contributed by atoms with E-state index in [0.717, 1.165) is 42.2 Å². The molecule has 0 radical (unpaired) electrons. The van der Waals surface area contributed by atoms with Gasteiger partial charge in [-0.1, -0.05) is 31.1 Å². The van der Waals surface area contributed by atoms with Crippen LogP contribution in [0.25, 0.3) is 0 Å². The molecule has 1 aromatic carbocycles. The zero-order valence-corrected chi connectivity index (χ0v) is 15.0. The third kappa shape index (κ3) is 3.95. The Balaban J connectivity index is 1.63. The van der Waals surface area contributed by atoms with Crippen molar-refractivity contribution >= 4 is 6.03 Å². The van der Waals surface area contributed by atoms with Crippen LogP contribution in [0.3, 0.4) is 0 Å². The predicted molar refractivity (Wildman–Crippen MR) is 94.5 cm³/mol. The van der Waals surface area contributed by atoms with Crippen LogP contribution in [0.5, 0.6) is 5.75 Å². The fourth-order valence-electron chi connectivity index (χ4n) is 3.10. The van der Waals surface area contributed by atoms with Gasteiger partial charge in [0.25, 0.3) is 0 Å². The lowest BCUT2D eigenvalue weighted by atomic mass is 10.1. The number of methoxy groups -OCH3 is 1. The molecule has 1 N–H and O–H groups in total. The Morgan fingerprint density at radius 2 is 2.28 bits per heavy atom. The van der Waals surface area contributed by atoms with E-state index in [1.54, 1.807) is 7.11 Å². The Hall–Kier alpha value is -2.50. The molecule has 2 heterocycles. The molecule has 0 aliphatic carbocycles. The van der Waals surface area contributed by atoms with Crippen molar-refractivity contribution in [2.45, 2.75) is 45.2 Å². The monoisotopic (exact) mass is 343 g/mol. The Kier molecular flexibility index (Phi) is 5.26. The van der Waals surface area contributed by atoms with Crippen molar-refractivity contribution in [2.24, 2.45) is 0 Å². The van der Waals surface area contributed by atoms with E-state index in [4.69, 9.17) is 9.26 Å². The molecule has 2 amide bonds. The van der Waals surface area contributed by atoms with Gasteiger partial charge in [0, 0.05) is 19.2 Å². The van der Waals surface area contributed by atoms with Crippen LogP contribution in [0, 0.1) is 0 Å². The van der Waals surface area contributed by atoms with Gasteiger partial charge in [0.15, 0.2) is 5.76 Å². The second-order valence-electron chi connectivity index (χ2n) is 6.67. The lowest BCUT2D eigenvalue weighted by Gasteiger charge is -2.23. The normalized spacial score (nSPS) is 17.1. The molecule has 6 heteroatoms. The number of carbonyl (C=O) groups is 1. The predicted octanol–water partition coefficient (Wildman–Crippen LogP) is 3.85. The molecular formula is C19H25N3O3. The molecule has 0 spiro atoms. The van der Waals surface area contributed by atoms with Crippen molar-refractivity contribution in [3.63, 3.8) is 0 Å². The maximum absolute atomic E-state index is 12.6. The molecule has 1 aliphatic heterocycles. The molecule has 1 saturated heterocycles. The van der Waals surface area contributed by atoms with Crippen molar-refractivity contribution in [1.82, 2.24) is 15.4 Å². The van der Waals surface area contributed by atoms with Gasteiger partial charge in [-0.15, -0.1) is 0 Å². The quantitative estimate of drug-likeness (QED) is 0.895. The van der Waals surface area contributed by atoms with Crippen LogP contribution in [0.4, 0.5) is 4.79 Å². The summed E-state index contributed by atoms with van der Waals surface area (Å²) in [4.78, 5) is 14.5. The van der Waals surface area contributed by atoms with E-state index in [1.165, 1.54) is 0 Å². The first-order valence-corrected chi connectivity index (χ1v) is 8.72. The molecular weight excluding hydrogens is 318 g/mol. The second-order valence-corrected chi connectivity index (χ2v) is 6.67. The Bertz CT molecular complexity index is 726. The smallest absolute Gasteiger partial charge is 0.318 e. The molecule has 134 valence electrons. The highest BCUT2D eigenvalue weighted by molar-refractivity contribution is 5.75. The summed E-state index contributed by atoms with van der Waals surface area (Å²) in [7, 11) is 1.63. The first-order valence-electron chi connectivity index (χ1n) is 8.72. The van der Waals surface area contributed by atoms with Crippen molar-refractivity contribution in [3.8, 4) is 5.75 Å². The minimum Gasteiger partial charge on any atom is -0.497 e. The number of hydrogen-bond donors (Lipinski definition) is 1. The summed E-state index contributed by atoms with van der Waals surface area (Å²) in [6, 6.07) is 9.56. The summed E-state index contributed by atoms with van der Waals surface area (Å²) in [5.41, 5.74) is 1.93. The van der Waals surface area contributed by atoms with Crippen molar-refractivity contribution in [1.29, 1.82) is 0 Å². The summed E-state index contributed by atoms with van der Waals surface area (Å²) in [5, 5.41) is 7.11. The molecule has 0 unspecified atom stereocenters. The number of aromatic nitrogens is 1. The first kappa shape index (κ1) is 17.3. The number of ether oxygens (including phenoxy) is 1. The van der Waals surface area contributed by atoms with Crippen LogP contribution in [-0.4, -0.2) is 29.7 Å². The molecule has 1 atom stereocenters. The molecule has 1 fully saturated rings. The molecule has 2 aromatic rings. The highest BCUT2D eigenvalue weighted by Crippen LogP contribution is 2.33. The van der Waals surface area contributed by atoms with Gasteiger partial charge in [-0.3, -0.25) is 0 Å². The minimum absolute atomic E-state index is 0.0368. The highest BCUT2D eigenvalue weighted by atomic mass is 16.5. The number of carbonyl (C=O) groups excluding carboxylic acids is 1. The fraction of sp³-hybridized carbons (Fsp3) is 0.474. The van der Waals surface area contributed by atoms with Crippen LogP contribution >= 0.6 is 0 Å². The molecule has 0 saturated carbocycles. The summed E-state index contributed by atoms with van der Waals surface area (Å²) < 4.78 is 10.7. The van der Waals surface area contributed by atoms with Crippen molar-refractivity contribution in [2.75, 3.05) is 13.7 Å². The molecule has 1 aliphatic rings. The second kappa shape index (κ2) is 7.59. The van der Waals surface area contributed by atoms with Gasteiger partial charge in [0.1, 0.15) is 5.75 Å². The number of rotatable bonds is 5. The third-order valence-electron chi connectivity index (χ3n) is 4.56. The number of benzene rings is 1. The van der Waals surface area contributed by atoms with E-state index >= 15 is 0 Å². The van der Waals surface area contributed by atoms with Crippen LogP contribution < -0.4 is 10.1 Å². The summed E-state index contributed by atoms with van der Waals surface area (Å²) >= 11 is 0. The minimum atomic E-state index is -0.0761. The topological polar surface area (TPSA) is 67.6 Å². The summed E-state index contributed by atoms with van der Waals surface area (Å²) in [5.74, 6) is 1.88. The Morgan fingerprint density at radius 3 is 3.00 bits per heavy atom. The van der Waals surface area contributed by atoms with E-state index in [0.29, 0.717) is 12.5 Å². The van der Waals surface area contributed by atoms with Crippen molar-refractivity contribution in [3.05, 3.63) is 47.3 Å². The van der Waals surface area contributed by atoms with Gasteiger partial charge in [-0.2, -0.15) is 0 Å². The molecule has 3 rings (SSSR count). The molecule has 6 nitrogen and oxygen atoms in total. The number of amides is 2. The number of likely N-dealkylation sites (tertiary alicyclic amines) is 1. The maximum Gasteiger partial charge on any atom is 0.318 e. The highest BCUT2D eigenvalue weighted by Gasteiger charge is 2.32. The van der Waals surface area contributed by atoms with Gasteiger partial charge < -0.3 is 19.5 Å². The van der Waals surface area contributed by atoms with E-state index in [1.807, 2.05) is 35.2 Å². The van der Waals surface area contributed by atoms with E-state index in [-0.39, 0.29) is 12.1 Å². The number of urea groups is 1. The number of nitrogens with zero attached hydrogens (tertiary/aromatic N) is 2. The first-order chi connectivity index (χ1) is 12.1. The van der Waals surface area contributed by atoms with Crippen LogP contribution in [0.2, 0.25) is 0 Å². The number of hydrogen-bond acceptors (Lipinski definition) is 4. The molecule has 0 bridgehead atoms. The lowest BCUT2D eigenvalue weighted by molar-refractivity contribution is 0.182. The fourth-order valence-corrected chi connectivity index (χ4v) is 3.10. The van der Waals surface area contributed by atoms with Gasteiger partial charge in [0.05, 0.1) is 18.8 Å². The molecule has 1 aromatic heterocycles. The average molecular weight is 343 g/mol. The Labute approximate surface area is 148 Å². The van der Waals surface area contributed by atoms with Gasteiger partial charge in [-0.05, 0) is 36.5 Å². The third-order valence-corrected chi connectivity index (χ3v) is 4.56. The van der Waals surface area contributed by atoms with Crippen LogP contribution in [0.1, 0.15) is 55.7 Å². The number of nitrogens with one attached hydrogen (secondary N) is 1. The summed E-state index contributed by atoms with van der Waals surface area (Å²) in [6.07, 6.45) is 1.87. The van der Waals surface area contributed by atoms with Gasteiger partial charge in [0.2, 0.25) is 0 Å². The summed E-state index contributed by atoms with van der Waals surface area (Å²) in [6.45, 7) is 5.35. The Morgan fingerprint density at radius 1 is 1.44 bits per heavy atom. The van der Waals surface area contributed by atoms with E-state index in [9.17, 15) is 4.79 Å². The standard InChI is InChI=1S/C19H25N3O3/c1-13(2)16-11-18(25-21-16)17-8-5-9-22(17)19(23)20-12-14-6-4-7-15(10-14)24-3/h4,6-7,10-11,13,17H,5,8-9,12H2,1-3H3,(H,20,23)/t17-/m0/s1. The SMILES string of the molecule is COc1cccc(CNC(=O)N2CCC[C@H]2c2cc(C(C)C)no2)c1. The maximum atomic E-state index is 12.6. The van der Waals surface area contributed by atoms with Crippen LogP contribution in [0.15, 0.2) is 34.9 Å². The van der Waals surface area contributed by atoms with Crippen LogP contribution in [-0.2, 0) is 6.54 Å². The zero-order valence-electron chi connectivity index (χ0n) is 15.0. The largest absolute Gasteiger partial charge is 0.497 e. The zero-order chi connectivity index (χ0) is 17.8. The van der Waals surface area contributed by atoms with E-state index < -0.39 is 0 Å². The van der Waals surface area contributed by atoms with Gasteiger partial charge in [-0.25, -0.2) is 4.79 Å². The lowest BCUT2D eigenvalue weighted by Crippen LogP contribution is -2.39. The average Bonchev–Trinajstić information content (AvgIpc) is 3.28. The van der Waals surface area contributed by atoms with E-state index in [2.05, 4.69) is 24.3 Å². The van der Waals surface area contributed by atoms with Gasteiger partial charge >= 0.3 is 6.03 Å². The van der Waals surface area contributed by atoms with Crippen molar-refractivity contribution < 1.29 is 14.1 Å².